The zero-order valence-electron chi connectivity index (χ0n) is 14.4. The fourth-order valence-corrected chi connectivity index (χ4v) is 3.54. The van der Waals surface area contributed by atoms with Gasteiger partial charge in [-0.3, -0.25) is 4.79 Å². The number of allylic oxidation sites excluding steroid dienone is 1. The molecule has 3 aliphatic rings. The molecule has 1 N–H and O–H groups in total. The average Bonchev–Trinajstić information content (AvgIpc) is 2.92. The van der Waals surface area contributed by atoms with Gasteiger partial charge in [0.25, 0.3) is 5.56 Å². The van der Waals surface area contributed by atoms with Crippen LogP contribution in [-0.4, -0.2) is 34.3 Å². The van der Waals surface area contributed by atoms with Crippen LogP contribution >= 0.6 is 0 Å². The number of rotatable bonds is 1. The number of dihydropyridines is 1. The predicted molar refractivity (Wildman–Crippen MR) is 94.9 cm³/mol. The molecule has 0 amide bonds. The molecular weight excluding hydrogens is 302 g/mol. The number of hydrogen-bond acceptors (Lipinski definition) is 5. The van der Waals surface area contributed by atoms with E-state index in [9.17, 15) is 4.79 Å². The molecule has 3 aliphatic heterocycles. The minimum absolute atomic E-state index is 0.0293. The third-order valence-electron chi connectivity index (χ3n) is 4.92. The molecule has 1 fully saturated rings. The molecule has 0 aromatic carbocycles. The Morgan fingerprint density at radius 3 is 2.71 bits per heavy atom. The fraction of sp³-hybridized carbons (Fsp3) is 0.556. The number of piperidine rings is 1. The molecule has 1 aromatic rings. The third kappa shape index (κ3) is 2.55. The van der Waals surface area contributed by atoms with Crippen LogP contribution in [0.4, 0.5) is 0 Å². The van der Waals surface area contributed by atoms with Crippen LogP contribution in [0, 0.1) is 5.41 Å². The number of nitrogens with one attached hydrogen (secondary N) is 1. The van der Waals surface area contributed by atoms with Crippen molar-refractivity contribution in [1.82, 2.24) is 15.0 Å². The Morgan fingerprint density at radius 2 is 2.00 bits per heavy atom. The van der Waals surface area contributed by atoms with E-state index in [2.05, 4.69) is 37.1 Å². The van der Waals surface area contributed by atoms with E-state index in [0.29, 0.717) is 11.7 Å². The fourth-order valence-electron chi connectivity index (χ4n) is 3.54. The van der Waals surface area contributed by atoms with Crippen LogP contribution in [0.2, 0.25) is 0 Å². The van der Waals surface area contributed by atoms with Gasteiger partial charge in [-0.25, -0.2) is 9.67 Å². The van der Waals surface area contributed by atoms with Gasteiger partial charge in [0.15, 0.2) is 5.84 Å². The highest BCUT2D eigenvalue weighted by atomic mass is 16.1. The van der Waals surface area contributed by atoms with Crippen molar-refractivity contribution in [3.05, 3.63) is 40.1 Å². The van der Waals surface area contributed by atoms with Crippen LogP contribution in [0.25, 0.3) is 0 Å². The Labute approximate surface area is 141 Å². The van der Waals surface area contributed by atoms with Gasteiger partial charge >= 0.3 is 0 Å². The molecule has 6 nitrogen and oxygen atoms in total. The molecule has 24 heavy (non-hydrogen) atoms. The lowest BCUT2D eigenvalue weighted by Crippen LogP contribution is -2.29. The van der Waals surface area contributed by atoms with Gasteiger partial charge in [0.2, 0.25) is 0 Å². The normalized spacial score (nSPS) is 23.5. The van der Waals surface area contributed by atoms with Crippen LogP contribution < -0.4 is 10.9 Å². The summed E-state index contributed by atoms with van der Waals surface area (Å²) in [5.41, 5.74) is 1.79. The smallest absolute Gasteiger partial charge is 0.273 e. The Kier molecular flexibility index (Phi) is 3.53. The maximum atomic E-state index is 12.1. The first-order valence-corrected chi connectivity index (χ1v) is 8.64. The van der Waals surface area contributed by atoms with Crippen molar-refractivity contribution in [2.75, 3.05) is 13.1 Å². The molecule has 1 aromatic heterocycles. The summed E-state index contributed by atoms with van der Waals surface area (Å²) in [7, 11) is 0. The number of nitrogens with zero attached hydrogens (tertiary/aromatic N) is 4. The molecule has 6 heteroatoms. The highest BCUT2D eigenvalue weighted by molar-refractivity contribution is 6.11. The van der Waals surface area contributed by atoms with E-state index in [1.807, 2.05) is 10.8 Å². The largest absolute Gasteiger partial charge is 0.317 e. The molecule has 4 heterocycles. The van der Waals surface area contributed by atoms with Crippen molar-refractivity contribution in [1.29, 1.82) is 0 Å². The lowest BCUT2D eigenvalue weighted by Gasteiger charge is -2.24. The van der Waals surface area contributed by atoms with Gasteiger partial charge in [-0.15, -0.1) is 0 Å². The highest BCUT2D eigenvalue weighted by Crippen LogP contribution is 2.33. The second-order valence-electron chi connectivity index (χ2n) is 7.76. The van der Waals surface area contributed by atoms with Crippen molar-refractivity contribution in [3.8, 4) is 0 Å². The van der Waals surface area contributed by atoms with E-state index in [4.69, 9.17) is 10.1 Å². The Hall–Kier alpha value is -2.08. The van der Waals surface area contributed by atoms with E-state index in [1.54, 1.807) is 6.07 Å². The first-order chi connectivity index (χ1) is 11.4. The van der Waals surface area contributed by atoms with Crippen LogP contribution in [0.1, 0.15) is 57.0 Å². The molecule has 0 radical (unpaired) electrons. The Bertz CT molecular complexity index is 819. The maximum Gasteiger partial charge on any atom is 0.273 e. The molecule has 0 saturated carbocycles. The topological polar surface area (TPSA) is 71.6 Å². The zero-order chi connectivity index (χ0) is 16.9. The van der Waals surface area contributed by atoms with E-state index in [1.165, 1.54) is 0 Å². The summed E-state index contributed by atoms with van der Waals surface area (Å²) in [6, 6.07) is 1.65. The summed E-state index contributed by atoms with van der Waals surface area (Å²) in [4.78, 5) is 21.1. The molecule has 126 valence electrons. The molecule has 0 bridgehead atoms. The first kappa shape index (κ1) is 15.4. The maximum absolute atomic E-state index is 12.1. The van der Waals surface area contributed by atoms with Crippen molar-refractivity contribution in [2.24, 2.45) is 15.5 Å². The van der Waals surface area contributed by atoms with Gasteiger partial charge < -0.3 is 5.32 Å². The lowest BCUT2D eigenvalue weighted by molar-refractivity contribution is 0.439. The zero-order valence-corrected chi connectivity index (χ0v) is 14.4. The van der Waals surface area contributed by atoms with Crippen LogP contribution in [-0.2, 0) is 0 Å². The molecule has 1 unspecified atom stereocenters. The summed E-state index contributed by atoms with van der Waals surface area (Å²) < 4.78 is 1.87. The van der Waals surface area contributed by atoms with Gasteiger partial charge in [0.05, 0.1) is 11.6 Å². The van der Waals surface area contributed by atoms with Gasteiger partial charge in [0, 0.05) is 23.1 Å². The Balaban J connectivity index is 1.79. The van der Waals surface area contributed by atoms with Gasteiger partial charge in [-0.05, 0) is 32.0 Å². The second-order valence-corrected chi connectivity index (χ2v) is 7.76. The van der Waals surface area contributed by atoms with Gasteiger partial charge in [-0.1, -0.05) is 26.8 Å². The lowest BCUT2D eigenvalue weighted by atomic mass is 9.87. The summed E-state index contributed by atoms with van der Waals surface area (Å²) in [5, 5.41) is 8.09. The van der Waals surface area contributed by atoms with E-state index < -0.39 is 0 Å². The van der Waals surface area contributed by atoms with Crippen molar-refractivity contribution in [2.45, 2.75) is 45.4 Å². The SMILES string of the molecule is CC(C)(C)C1=NC2=Nn3c(C4CCNCC4)cc(=O)nc3C2C=C1. The minimum atomic E-state index is -0.176. The summed E-state index contributed by atoms with van der Waals surface area (Å²) >= 11 is 0. The standard InChI is InChI=1S/C18H23N5O/c1-18(2,3)14-5-4-12-16(20-14)22-23-13(10-15(24)21-17(12)23)11-6-8-19-9-7-11/h4-5,10-12,19H,6-9H2,1-3H3. The van der Waals surface area contributed by atoms with Crippen molar-refractivity contribution < 1.29 is 0 Å². The molecule has 0 aliphatic carbocycles. The molecule has 1 atom stereocenters. The van der Waals surface area contributed by atoms with E-state index in [0.717, 1.165) is 43.2 Å². The number of amidine groups is 1. The Morgan fingerprint density at radius 1 is 1.25 bits per heavy atom. The number of hydrogen-bond donors (Lipinski definition) is 1. The van der Waals surface area contributed by atoms with Crippen molar-refractivity contribution in [3.63, 3.8) is 0 Å². The van der Waals surface area contributed by atoms with Crippen LogP contribution in [0.15, 0.2) is 33.1 Å². The van der Waals surface area contributed by atoms with Crippen molar-refractivity contribution >= 4 is 11.5 Å². The van der Waals surface area contributed by atoms with Crippen LogP contribution in [0.3, 0.4) is 0 Å². The predicted octanol–water partition coefficient (Wildman–Crippen LogP) is 2.03. The summed E-state index contributed by atoms with van der Waals surface area (Å²) in [5.74, 6) is 1.69. The average molecular weight is 325 g/mol. The number of aliphatic imine (C=N–C) groups is 1. The molecule has 0 spiro atoms. The van der Waals surface area contributed by atoms with E-state index >= 15 is 0 Å². The summed E-state index contributed by atoms with van der Waals surface area (Å²) in [6.07, 6.45) is 6.15. The molecule has 1 saturated heterocycles. The van der Waals surface area contributed by atoms with Crippen LogP contribution in [0.5, 0.6) is 0 Å². The monoisotopic (exact) mass is 325 g/mol. The minimum Gasteiger partial charge on any atom is -0.317 e. The van der Waals surface area contributed by atoms with Gasteiger partial charge in [-0.2, -0.15) is 10.1 Å². The van der Waals surface area contributed by atoms with E-state index in [-0.39, 0.29) is 16.9 Å². The third-order valence-corrected chi connectivity index (χ3v) is 4.92. The second kappa shape index (κ2) is 5.48. The molecule has 4 rings (SSSR count). The number of fused-ring (bicyclic) bond motifs is 3. The van der Waals surface area contributed by atoms with Gasteiger partial charge in [0.1, 0.15) is 5.82 Å². The quantitative estimate of drug-likeness (QED) is 0.859. The highest BCUT2D eigenvalue weighted by Gasteiger charge is 2.34. The first-order valence-electron chi connectivity index (χ1n) is 8.64. The number of aromatic nitrogens is 2. The summed E-state index contributed by atoms with van der Waals surface area (Å²) in [6.45, 7) is 8.37. The molecular formula is C18H23N5O.